The quantitative estimate of drug-likeness (QED) is 0.889. The second-order valence-electron chi connectivity index (χ2n) is 4.94. The second kappa shape index (κ2) is 5.62. The van der Waals surface area contributed by atoms with Crippen molar-refractivity contribution >= 4 is 35.0 Å². The highest BCUT2D eigenvalue weighted by Gasteiger charge is 2.44. The van der Waals surface area contributed by atoms with Gasteiger partial charge in [-0.2, -0.15) is 0 Å². The van der Waals surface area contributed by atoms with Crippen molar-refractivity contribution in [3.05, 3.63) is 59.1 Å². The summed E-state index contributed by atoms with van der Waals surface area (Å²) in [5.41, 5.74) is 0.423. The molecule has 0 saturated carbocycles. The number of anilines is 1. The summed E-state index contributed by atoms with van der Waals surface area (Å²) in [6.45, 7) is 0. The molecule has 0 aromatic heterocycles. The number of fused-ring (bicyclic) bond motifs is 1. The Bertz CT molecular complexity index is 691. The van der Waals surface area contributed by atoms with Crippen molar-refractivity contribution in [2.45, 2.75) is 16.9 Å². The number of rotatable bonds is 3. The van der Waals surface area contributed by atoms with E-state index in [2.05, 4.69) is 5.32 Å². The SMILES string of the molecule is O=C(O)C1(Nc2cccc(Cl)c2)CCSc2ccccc21. The Hall–Kier alpha value is -1.65. The summed E-state index contributed by atoms with van der Waals surface area (Å²) in [5.74, 6) is -0.105. The van der Waals surface area contributed by atoms with E-state index in [1.54, 1.807) is 23.9 Å². The predicted molar refractivity (Wildman–Crippen MR) is 86.2 cm³/mol. The maximum Gasteiger partial charge on any atom is 0.334 e. The zero-order valence-corrected chi connectivity index (χ0v) is 12.7. The highest BCUT2D eigenvalue weighted by atomic mass is 35.5. The minimum atomic E-state index is -1.10. The van der Waals surface area contributed by atoms with Crippen molar-refractivity contribution in [2.24, 2.45) is 0 Å². The van der Waals surface area contributed by atoms with E-state index in [0.29, 0.717) is 17.1 Å². The van der Waals surface area contributed by atoms with Gasteiger partial charge in [-0.1, -0.05) is 35.9 Å². The molecule has 2 N–H and O–H groups in total. The Kier molecular flexibility index (Phi) is 3.83. The third kappa shape index (κ3) is 2.61. The number of nitrogens with one attached hydrogen (secondary N) is 1. The fourth-order valence-electron chi connectivity index (χ4n) is 2.61. The van der Waals surface area contributed by atoms with E-state index in [1.807, 2.05) is 36.4 Å². The molecule has 3 nitrogen and oxygen atoms in total. The zero-order chi connectivity index (χ0) is 14.9. The third-order valence-corrected chi connectivity index (χ3v) is 4.94. The molecule has 1 aliphatic heterocycles. The van der Waals surface area contributed by atoms with E-state index in [1.165, 1.54) is 0 Å². The topological polar surface area (TPSA) is 49.3 Å². The van der Waals surface area contributed by atoms with Crippen LogP contribution in [-0.4, -0.2) is 16.8 Å². The van der Waals surface area contributed by atoms with E-state index in [0.717, 1.165) is 16.2 Å². The molecule has 2 aromatic carbocycles. The number of hydrogen-bond acceptors (Lipinski definition) is 3. The van der Waals surface area contributed by atoms with Crippen LogP contribution in [0.4, 0.5) is 5.69 Å². The van der Waals surface area contributed by atoms with Crippen LogP contribution in [-0.2, 0) is 10.3 Å². The van der Waals surface area contributed by atoms with Crippen LogP contribution in [0.1, 0.15) is 12.0 Å². The van der Waals surface area contributed by atoms with Gasteiger partial charge in [0.15, 0.2) is 5.54 Å². The van der Waals surface area contributed by atoms with Crippen molar-refractivity contribution in [3.8, 4) is 0 Å². The Morgan fingerprint density at radius 1 is 1.24 bits per heavy atom. The molecule has 0 saturated heterocycles. The third-order valence-electron chi connectivity index (χ3n) is 3.63. The van der Waals surface area contributed by atoms with Crippen molar-refractivity contribution < 1.29 is 9.90 Å². The number of aliphatic carboxylic acids is 1. The smallest absolute Gasteiger partial charge is 0.334 e. The number of thioether (sulfide) groups is 1. The van der Waals surface area contributed by atoms with Crippen LogP contribution in [0.25, 0.3) is 0 Å². The summed E-state index contributed by atoms with van der Waals surface area (Å²) < 4.78 is 0. The predicted octanol–water partition coefficient (Wildman–Crippen LogP) is 4.23. The summed E-state index contributed by atoms with van der Waals surface area (Å²) in [5, 5.41) is 13.6. The molecule has 1 unspecified atom stereocenters. The van der Waals surface area contributed by atoms with Crippen LogP contribution in [0.5, 0.6) is 0 Å². The van der Waals surface area contributed by atoms with Crippen LogP contribution in [0.3, 0.4) is 0 Å². The Balaban J connectivity index is 2.08. The first-order chi connectivity index (χ1) is 10.1. The van der Waals surface area contributed by atoms with Crippen molar-refractivity contribution in [3.63, 3.8) is 0 Å². The normalized spacial score (nSPS) is 20.6. The second-order valence-corrected chi connectivity index (χ2v) is 6.51. The fourth-order valence-corrected chi connectivity index (χ4v) is 4.00. The molecule has 5 heteroatoms. The number of benzene rings is 2. The van der Waals surface area contributed by atoms with E-state index in [9.17, 15) is 9.90 Å². The van der Waals surface area contributed by atoms with Crippen LogP contribution in [0, 0.1) is 0 Å². The van der Waals surface area contributed by atoms with Gasteiger partial charge in [0.1, 0.15) is 0 Å². The molecule has 3 rings (SSSR count). The van der Waals surface area contributed by atoms with Crippen molar-refractivity contribution in [1.29, 1.82) is 0 Å². The molecule has 0 spiro atoms. The molecule has 1 aliphatic rings. The van der Waals surface area contributed by atoms with Crippen molar-refractivity contribution in [1.82, 2.24) is 0 Å². The molecular weight excluding hydrogens is 306 g/mol. The average Bonchev–Trinajstić information content (AvgIpc) is 2.47. The van der Waals surface area contributed by atoms with Gasteiger partial charge in [0.2, 0.25) is 0 Å². The number of halogens is 1. The molecular formula is C16H14ClNO2S. The van der Waals surface area contributed by atoms with E-state index < -0.39 is 11.5 Å². The standard InChI is InChI=1S/C16H14ClNO2S/c17-11-4-3-5-12(10-11)18-16(15(19)20)8-9-21-14-7-2-1-6-13(14)16/h1-7,10,18H,8-9H2,(H,19,20). The first-order valence-corrected chi connectivity index (χ1v) is 7.98. The van der Waals surface area contributed by atoms with Crippen LogP contribution in [0.15, 0.2) is 53.4 Å². The van der Waals surface area contributed by atoms with Gasteiger partial charge in [0, 0.05) is 26.9 Å². The maximum atomic E-state index is 12.0. The maximum absolute atomic E-state index is 12.0. The van der Waals surface area contributed by atoms with Gasteiger partial charge in [0.25, 0.3) is 0 Å². The molecule has 0 radical (unpaired) electrons. The first-order valence-electron chi connectivity index (χ1n) is 6.61. The lowest BCUT2D eigenvalue weighted by atomic mass is 9.86. The summed E-state index contributed by atoms with van der Waals surface area (Å²) in [6, 6.07) is 14.8. The molecule has 0 fully saturated rings. The van der Waals surface area contributed by atoms with E-state index in [4.69, 9.17) is 11.6 Å². The summed E-state index contributed by atoms with van der Waals surface area (Å²) in [4.78, 5) is 13.0. The minimum absolute atomic E-state index is 0.524. The molecule has 0 bridgehead atoms. The highest BCUT2D eigenvalue weighted by Crippen LogP contribution is 2.42. The van der Waals surface area contributed by atoms with Crippen LogP contribution in [0.2, 0.25) is 5.02 Å². The lowest BCUT2D eigenvalue weighted by Gasteiger charge is -2.36. The summed E-state index contributed by atoms with van der Waals surface area (Å²) in [6.07, 6.45) is 0.524. The Morgan fingerprint density at radius 2 is 2.05 bits per heavy atom. The van der Waals surface area contributed by atoms with Gasteiger partial charge >= 0.3 is 5.97 Å². The van der Waals surface area contributed by atoms with Gasteiger partial charge < -0.3 is 10.4 Å². The van der Waals surface area contributed by atoms with E-state index in [-0.39, 0.29) is 0 Å². The van der Waals surface area contributed by atoms with Crippen LogP contribution >= 0.6 is 23.4 Å². The minimum Gasteiger partial charge on any atom is -0.479 e. The Morgan fingerprint density at radius 3 is 2.81 bits per heavy atom. The monoisotopic (exact) mass is 319 g/mol. The lowest BCUT2D eigenvalue weighted by Crippen LogP contribution is -2.45. The fraction of sp³-hybridized carbons (Fsp3) is 0.188. The van der Waals surface area contributed by atoms with E-state index >= 15 is 0 Å². The average molecular weight is 320 g/mol. The molecule has 1 atom stereocenters. The van der Waals surface area contributed by atoms with Gasteiger partial charge in [0.05, 0.1) is 0 Å². The molecule has 2 aromatic rings. The van der Waals surface area contributed by atoms with Gasteiger partial charge in [-0.15, -0.1) is 11.8 Å². The summed E-state index contributed by atoms with van der Waals surface area (Å²) >= 11 is 7.69. The molecule has 0 aliphatic carbocycles. The molecule has 0 amide bonds. The molecule has 1 heterocycles. The highest BCUT2D eigenvalue weighted by molar-refractivity contribution is 7.99. The number of hydrogen-bond donors (Lipinski definition) is 2. The first kappa shape index (κ1) is 14.3. The van der Waals surface area contributed by atoms with Gasteiger partial charge in [-0.25, -0.2) is 4.79 Å². The Labute approximate surface area is 132 Å². The summed E-state index contributed by atoms with van der Waals surface area (Å²) in [7, 11) is 0. The lowest BCUT2D eigenvalue weighted by molar-refractivity contribution is -0.143. The van der Waals surface area contributed by atoms with Crippen molar-refractivity contribution in [2.75, 3.05) is 11.1 Å². The van der Waals surface area contributed by atoms with Gasteiger partial charge in [-0.3, -0.25) is 0 Å². The van der Waals surface area contributed by atoms with Crippen LogP contribution < -0.4 is 5.32 Å². The zero-order valence-electron chi connectivity index (χ0n) is 11.2. The molecule has 21 heavy (non-hydrogen) atoms. The van der Waals surface area contributed by atoms with Gasteiger partial charge in [-0.05, 0) is 30.7 Å². The molecule has 108 valence electrons. The number of carbonyl (C=O) groups is 1. The largest absolute Gasteiger partial charge is 0.479 e. The number of carboxylic acid groups (broad SMARTS) is 1. The number of carboxylic acids is 1.